The minimum atomic E-state index is -0.0386. The van der Waals surface area contributed by atoms with Crippen LogP contribution in [0.15, 0.2) is 0 Å². The summed E-state index contributed by atoms with van der Waals surface area (Å²) in [5.74, 6) is 0.673. The number of carbonyl (C=O) groups is 1. The molecule has 0 aromatic carbocycles. The van der Waals surface area contributed by atoms with Crippen molar-refractivity contribution in [2.45, 2.75) is 26.8 Å². The van der Waals surface area contributed by atoms with Gasteiger partial charge in [0.05, 0.1) is 20.8 Å². The molecule has 1 aromatic rings. The number of carbonyl (C=O) groups excluding carboxylic acids is 1. The summed E-state index contributed by atoms with van der Waals surface area (Å²) in [6.45, 7) is 4.18. The quantitative estimate of drug-likeness (QED) is 0.797. The highest BCUT2D eigenvalue weighted by molar-refractivity contribution is 5.75. The molecular formula is C11H18N4O3. The fraction of sp³-hybridized carbons (Fsp3) is 0.636. The fourth-order valence-electron chi connectivity index (χ4n) is 1.26. The zero-order chi connectivity index (χ0) is 13.5. The zero-order valence-corrected chi connectivity index (χ0v) is 11.1. The maximum Gasteiger partial charge on any atom is 0.322 e. The van der Waals surface area contributed by atoms with Crippen molar-refractivity contribution >= 4 is 5.91 Å². The number of ether oxygens (including phenoxy) is 2. The van der Waals surface area contributed by atoms with Crippen molar-refractivity contribution in [3.05, 3.63) is 5.82 Å². The summed E-state index contributed by atoms with van der Waals surface area (Å²) in [6.07, 6.45) is 0.472. The van der Waals surface area contributed by atoms with Crippen LogP contribution in [0.25, 0.3) is 0 Å². The highest BCUT2D eigenvalue weighted by Crippen LogP contribution is 2.08. The van der Waals surface area contributed by atoms with Gasteiger partial charge in [-0.3, -0.25) is 4.79 Å². The number of hydrogen-bond acceptors (Lipinski definition) is 6. The van der Waals surface area contributed by atoms with Crippen molar-refractivity contribution in [2.75, 3.05) is 14.2 Å². The first-order valence-electron chi connectivity index (χ1n) is 5.64. The Bertz CT molecular complexity index is 387. The van der Waals surface area contributed by atoms with Crippen LogP contribution in [0.2, 0.25) is 0 Å². The summed E-state index contributed by atoms with van der Waals surface area (Å²) < 4.78 is 9.83. The van der Waals surface area contributed by atoms with Crippen molar-refractivity contribution < 1.29 is 14.3 Å². The van der Waals surface area contributed by atoms with Gasteiger partial charge in [0, 0.05) is 6.42 Å². The van der Waals surface area contributed by atoms with Gasteiger partial charge in [0.2, 0.25) is 5.91 Å². The standard InChI is InChI=1S/C11H18N4O3/c1-7(2)5-9(16)12-6-8-13-10(17-3)15-11(14-8)18-4/h7H,5-6H2,1-4H3,(H,12,16). The molecule has 1 heterocycles. The molecule has 0 saturated carbocycles. The highest BCUT2D eigenvalue weighted by atomic mass is 16.5. The molecule has 0 aliphatic rings. The summed E-state index contributed by atoms with van der Waals surface area (Å²) in [4.78, 5) is 23.4. The second-order valence-electron chi connectivity index (χ2n) is 4.10. The van der Waals surface area contributed by atoms with E-state index in [-0.39, 0.29) is 24.5 Å². The molecule has 7 nitrogen and oxygen atoms in total. The average molecular weight is 254 g/mol. The third-order valence-corrected chi connectivity index (χ3v) is 2.04. The van der Waals surface area contributed by atoms with Gasteiger partial charge in [-0.25, -0.2) is 0 Å². The van der Waals surface area contributed by atoms with E-state index in [2.05, 4.69) is 20.3 Å². The molecule has 0 unspecified atom stereocenters. The molecule has 0 atom stereocenters. The molecule has 100 valence electrons. The molecule has 1 aromatic heterocycles. The first-order valence-corrected chi connectivity index (χ1v) is 5.64. The number of nitrogens with zero attached hydrogens (tertiary/aromatic N) is 3. The Balaban J connectivity index is 2.63. The lowest BCUT2D eigenvalue weighted by Crippen LogP contribution is -2.25. The zero-order valence-electron chi connectivity index (χ0n) is 11.1. The lowest BCUT2D eigenvalue weighted by Gasteiger charge is -2.07. The molecule has 18 heavy (non-hydrogen) atoms. The first kappa shape index (κ1) is 14.1. The molecule has 0 aliphatic heterocycles. The van der Waals surface area contributed by atoms with E-state index in [4.69, 9.17) is 9.47 Å². The van der Waals surface area contributed by atoms with E-state index in [1.54, 1.807) is 0 Å². The van der Waals surface area contributed by atoms with Gasteiger partial charge in [-0.15, -0.1) is 4.98 Å². The molecule has 1 amide bonds. The predicted molar refractivity (Wildman–Crippen MR) is 64.2 cm³/mol. The van der Waals surface area contributed by atoms with Gasteiger partial charge in [-0.2, -0.15) is 9.97 Å². The van der Waals surface area contributed by atoms with Crippen molar-refractivity contribution in [1.82, 2.24) is 20.3 Å². The number of aromatic nitrogens is 3. The monoisotopic (exact) mass is 254 g/mol. The topological polar surface area (TPSA) is 86.2 Å². The molecule has 0 bridgehead atoms. The van der Waals surface area contributed by atoms with E-state index in [0.717, 1.165) is 0 Å². The smallest absolute Gasteiger partial charge is 0.322 e. The van der Waals surface area contributed by atoms with Gasteiger partial charge in [0.15, 0.2) is 5.82 Å². The van der Waals surface area contributed by atoms with Crippen LogP contribution < -0.4 is 14.8 Å². The Morgan fingerprint density at radius 2 is 1.72 bits per heavy atom. The minimum absolute atomic E-state index is 0.0386. The Morgan fingerprint density at radius 3 is 2.17 bits per heavy atom. The second kappa shape index (κ2) is 6.73. The van der Waals surface area contributed by atoms with E-state index >= 15 is 0 Å². The van der Waals surface area contributed by atoms with Crippen LogP contribution in [0.3, 0.4) is 0 Å². The molecule has 1 rings (SSSR count). The van der Waals surface area contributed by atoms with Crippen LogP contribution in [-0.2, 0) is 11.3 Å². The Kier molecular flexibility index (Phi) is 5.29. The van der Waals surface area contributed by atoms with Gasteiger partial charge >= 0.3 is 12.0 Å². The number of nitrogens with one attached hydrogen (secondary N) is 1. The molecule has 0 fully saturated rings. The summed E-state index contributed by atoms with van der Waals surface area (Å²) >= 11 is 0. The molecule has 7 heteroatoms. The van der Waals surface area contributed by atoms with Crippen LogP contribution in [0.4, 0.5) is 0 Å². The number of rotatable bonds is 6. The molecule has 0 spiro atoms. The molecular weight excluding hydrogens is 236 g/mol. The van der Waals surface area contributed by atoms with Crippen LogP contribution in [0.5, 0.6) is 12.0 Å². The van der Waals surface area contributed by atoms with Gasteiger partial charge in [0.1, 0.15) is 0 Å². The molecule has 0 aliphatic carbocycles. The van der Waals surface area contributed by atoms with Crippen molar-refractivity contribution in [2.24, 2.45) is 5.92 Å². The van der Waals surface area contributed by atoms with Gasteiger partial charge < -0.3 is 14.8 Å². The van der Waals surface area contributed by atoms with Crippen LogP contribution in [0.1, 0.15) is 26.1 Å². The lowest BCUT2D eigenvalue weighted by molar-refractivity contribution is -0.122. The fourth-order valence-corrected chi connectivity index (χ4v) is 1.26. The highest BCUT2D eigenvalue weighted by Gasteiger charge is 2.09. The summed E-state index contributed by atoms with van der Waals surface area (Å²) in [7, 11) is 2.91. The Morgan fingerprint density at radius 1 is 1.17 bits per heavy atom. The Labute approximate surface area is 106 Å². The van der Waals surface area contributed by atoms with Gasteiger partial charge in [-0.1, -0.05) is 13.8 Å². The summed E-state index contributed by atoms with van der Waals surface area (Å²) in [5, 5.41) is 2.73. The Hall–Kier alpha value is -1.92. The molecule has 1 N–H and O–H groups in total. The van der Waals surface area contributed by atoms with Crippen LogP contribution >= 0.6 is 0 Å². The van der Waals surface area contributed by atoms with E-state index in [1.165, 1.54) is 14.2 Å². The maximum atomic E-state index is 11.5. The van der Waals surface area contributed by atoms with E-state index in [0.29, 0.717) is 18.2 Å². The largest absolute Gasteiger partial charge is 0.467 e. The third-order valence-electron chi connectivity index (χ3n) is 2.04. The normalized spacial score (nSPS) is 10.3. The number of methoxy groups -OCH3 is 2. The third kappa shape index (κ3) is 4.52. The number of amides is 1. The van der Waals surface area contributed by atoms with E-state index in [9.17, 15) is 4.79 Å². The average Bonchev–Trinajstić information content (AvgIpc) is 2.35. The molecule has 0 radical (unpaired) electrons. The maximum absolute atomic E-state index is 11.5. The molecule has 0 saturated heterocycles. The number of hydrogen-bond donors (Lipinski definition) is 1. The summed E-state index contributed by atoms with van der Waals surface area (Å²) in [5.41, 5.74) is 0. The lowest BCUT2D eigenvalue weighted by atomic mass is 10.1. The SMILES string of the molecule is COc1nc(CNC(=O)CC(C)C)nc(OC)n1. The van der Waals surface area contributed by atoms with Crippen molar-refractivity contribution in [3.63, 3.8) is 0 Å². The minimum Gasteiger partial charge on any atom is -0.467 e. The van der Waals surface area contributed by atoms with Gasteiger partial charge in [-0.05, 0) is 5.92 Å². The van der Waals surface area contributed by atoms with Crippen molar-refractivity contribution in [3.8, 4) is 12.0 Å². The van der Waals surface area contributed by atoms with Gasteiger partial charge in [0.25, 0.3) is 0 Å². The van der Waals surface area contributed by atoms with Crippen LogP contribution in [-0.4, -0.2) is 35.1 Å². The van der Waals surface area contributed by atoms with E-state index in [1.807, 2.05) is 13.8 Å². The van der Waals surface area contributed by atoms with Crippen LogP contribution in [0, 0.1) is 5.92 Å². The second-order valence-corrected chi connectivity index (χ2v) is 4.10. The first-order chi connectivity index (χ1) is 8.55. The van der Waals surface area contributed by atoms with E-state index < -0.39 is 0 Å². The summed E-state index contributed by atoms with van der Waals surface area (Å²) in [6, 6.07) is 0.324. The van der Waals surface area contributed by atoms with Crippen molar-refractivity contribution in [1.29, 1.82) is 0 Å². The predicted octanol–water partition coefficient (Wildman–Crippen LogP) is 0.551.